The van der Waals surface area contributed by atoms with Crippen molar-refractivity contribution in [2.24, 2.45) is 0 Å². The summed E-state index contributed by atoms with van der Waals surface area (Å²) >= 11 is 1.66. The van der Waals surface area contributed by atoms with Crippen LogP contribution in [0.1, 0.15) is 65.9 Å². The summed E-state index contributed by atoms with van der Waals surface area (Å²) in [6.45, 7) is 7.07. The number of aryl methyl sites for hydroxylation is 1. The van der Waals surface area contributed by atoms with Crippen LogP contribution in [0.3, 0.4) is 0 Å². The summed E-state index contributed by atoms with van der Waals surface area (Å²) in [6.07, 6.45) is 5.89. The van der Waals surface area contributed by atoms with Crippen LogP contribution in [0.2, 0.25) is 0 Å². The fraction of sp³-hybridized carbons (Fsp3) is 0.517. The number of rotatable bonds is 8. The highest BCUT2D eigenvalue weighted by molar-refractivity contribution is 7.18. The predicted octanol–water partition coefficient (Wildman–Crippen LogP) is 4.74. The number of β-amino-alcohol motifs (C(OH)–C–C–N with tert-alkyl or cyclic N) is 1. The predicted molar refractivity (Wildman–Crippen MR) is 148 cm³/mol. The topological polar surface area (TPSA) is 77.9 Å². The molecule has 2 aliphatic rings. The Hall–Kier alpha value is -2.52. The van der Waals surface area contributed by atoms with E-state index in [2.05, 4.69) is 34.4 Å². The number of hydrogen-bond donors (Lipinski definition) is 2. The zero-order valence-electron chi connectivity index (χ0n) is 21.9. The highest BCUT2D eigenvalue weighted by Crippen LogP contribution is 2.32. The van der Waals surface area contributed by atoms with Crippen molar-refractivity contribution in [3.8, 4) is 5.75 Å². The first-order valence-electron chi connectivity index (χ1n) is 13.5. The third-order valence-corrected chi connectivity index (χ3v) is 8.58. The Labute approximate surface area is 223 Å². The van der Waals surface area contributed by atoms with Crippen molar-refractivity contribution in [1.29, 1.82) is 0 Å². The van der Waals surface area contributed by atoms with Gasteiger partial charge >= 0.3 is 0 Å². The molecule has 8 heteroatoms. The van der Waals surface area contributed by atoms with Crippen LogP contribution < -0.4 is 10.2 Å². The van der Waals surface area contributed by atoms with Gasteiger partial charge in [0.15, 0.2) is 0 Å². The summed E-state index contributed by atoms with van der Waals surface area (Å²) in [7, 11) is 0. The Kier molecular flexibility index (Phi) is 8.39. The maximum Gasteiger partial charge on any atom is 0.265 e. The van der Waals surface area contributed by atoms with Crippen molar-refractivity contribution in [3.63, 3.8) is 0 Å². The Morgan fingerprint density at radius 2 is 1.95 bits per heavy atom. The van der Waals surface area contributed by atoms with E-state index in [9.17, 15) is 9.90 Å². The first-order valence-corrected chi connectivity index (χ1v) is 14.3. The molecule has 0 bridgehead atoms. The van der Waals surface area contributed by atoms with Gasteiger partial charge in [-0.3, -0.25) is 15.1 Å². The summed E-state index contributed by atoms with van der Waals surface area (Å²) in [4.78, 5) is 19.6. The van der Waals surface area contributed by atoms with Crippen molar-refractivity contribution in [2.45, 2.75) is 64.0 Å². The van der Waals surface area contributed by atoms with Crippen LogP contribution in [0.5, 0.6) is 5.75 Å². The molecule has 1 saturated heterocycles. The number of aliphatic hydroxyl groups is 1. The highest BCUT2D eigenvalue weighted by atomic mass is 32.1. The molecule has 1 aliphatic heterocycles. The highest BCUT2D eigenvalue weighted by Gasteiger charge is 2.27. The molecular formula is C29H38N4O3S. The van der Waals surface area contributed by atoms with Crippen molar-refractivity contribution in [1.82, 2.24) is 20.3 Å². The molecule has 7 nitrogen and oxygen atoms in total. The molecule has 2 heterocycles. The second-order valence-electron chi connectivity index (χ2n) is 10.5. The number of nitrogens with one attached hydrogen (secondary N) is 1. The molecule has 2 fully saturated rings. The Bertz CT molecular complexity index is 1190. The molecule has 1 saturated carbocycles. The smallest absolute Gasteiger partial charge is 0.265 e. The Balaban J connectivity index is 1.06. The van der Waals surface area contributed by atoms with E-state index in [-0.39, 0.29) is 18.6 Å². The molecule has 0 spiro atoms. The van der Waals surface area contributed by atoms with Crippen LogP contribution >= 0.6 is 11.3 Å². The number of hydrogen-bond acceptors (Lipinski definition) is 7. The minimum atomic E-state index is -0.598. The van der Waals surface area contributed by atoms with E-state index in [0.29, 0.717) is 31.1 Å². The monoisotopic (exact) mass is 522 g/mol. The van der Waals surface area contributed by atoms with Crippen LogP contribution in [0, 0.1) is 6.92 Å². The van der Waals surface area contributed by atoms with E-state index in [1.807, 2.05) is 42.3 Å². The van der Waals surface area contributed by atoms with Gasteiger partial charge in [-0.25, -0.2) is 9.99 Å². The molecule has 37 heavy (non-hydrogen) atoms. The first-order chi connectivity index (χ1) is 17.9. The number of fused-ring (bicyclic) bond motifs is 1. The maximum atomic E-state index is 12.8. The van der Waals surface area contributed by atoms with Crippen molar-refractivity contribution < 1.29 is 14.6 Å². The fourth-order valence-electron chi connectivity index (χ4n) is 5.55. The molecule has 2 atom stereocenters. The van der Waals surface area contributed by atoms with Gasteiger partial charge in [-0.1, -0.05) is 31.4 Å². The van der Waals surface area contributed by atoms with E-state index < -0.39 is 6.10 Å². The number of carbonyl (C=O) groups is 1. The average Bonchev–Trinajstić information content (AvgIpc) is 3.29. The number of nitrogens with zero attached hydrogens (tertiary/aromatic N) is 3. The lowest BCUT2D eigenvalue weighted by molar-refractivity contribution is 0.00755. The first kappa shape index (κ1) is 26.1. The Morgan fingerprint density at radius 1 is 1.16 bits per heavy atom. The van der Waals surface area contributed by atoms with E-state index in [1.54, 1.807) is 11.3 Å². The minimum absolute atomic E-state index is 0.0587. The summed E-state index contributed by atoms with van der Waals surface area (Å²) in [5, 5.41) is 13.6. The van der Waals surface area contributed by atoms with Gasteiger partial charge in [0.25, 0.3) is 5.91 Å². The van der Waals surface area contributed by atoms with Crippen molar-refractivity contribution >= 4 is 27.5 Å². The summed E-state index contributed by atoms with van der Waals surface area (Å²) < 4.78 is 6.99. The number of amides is 1. The summed E-state index contributed by atoms with van der Waals surface area (Å²) in [5.74, 6) is 1.31. The number of hydrazine groups is 1. The third kappa shape index (κ3) is 6.68. The average molecular weight is 523 g/mol. The molecule has 2 aromatic carbocycles. The minimum Gasteiger partial charge on any atom is -0.491 e. The van der Waals surface area contributed by atoms with E-state index >= 15 is 0 Å². The quantitative estimate of drug-likeness (QED) is 0.445. The lowest BCUT2D eigenvalue weighted by Gasteiger charge is -2.40. The molecule has 5 rings (SSSR count). The molecule has 198 valence electrons. The SMILES string of the molecule is Cc1nc2cc(OC[C@H](O)CN3CCN(NC(=O)c4ccc(C5CCCCC5)cc4)C[C@@H]3C)ccc2s1. The normalized spacial score (nSPS) is 20.7. The molecule has 0 radical (unpaired) electrons. The molecule has 1 aromatic heterocycles. The number of piperazine rings is 1. The van der Waals surface area contributed by atoms with Crippen LogP contribution in [0.25, 0.3) is 10.2 Å². The number of carbonyl (C=O) groups excluding carboxylic acids is 1. The maximum absolute atomic E-state index is 12.8. The lowest BCUT2D eigenvalue weighted by Crippen LogP contribution is -2.58. The second-order valence-corrected chi connectivity index (χ2v) is 11.7. The zero-order valence-corrected chi connectivity index (χ0v) is 22.7. The van der Waals surface area contributed by atoms with E-state index in [0.717, 1.165) is 27.5 Å². The van der Waals surface area contributed by atoms with Gasteiger partial charge in [0.2, 0.25) is 0 Å². The van der Waals surface area contributed by atoms with Crippen LogP contribution in [-0.2, 0) is 0 Å². The largest absolute Gasteiger partial charge is 0.491 e. The van der Waals surface area contributed by atoms with Gasteiger partial charge in [-0.2, -0.15) is 0 Å². The van der Waals surface area contributed by atoms with Crippen molar-refractivity contribution in [2.75, 3.05) is 32.8 Å². The summed E-state index contributed by atoms with van der Waals surface area (Å²) in [6, 6.07) is 14.3. The number of aromatic nitrogens is 1. The standard InChI is InChI=1S/C29H38N4O3S/c1-20-17-33(31-29(35)24-10-8-23(9-11-24)22-6-4-3-5-7-22)15-14-32(20)18-25(34)19-36-26-12-13-28-27(16-26)30-21(2)37-28/h8-13,16,20,22,25,34H,3-7,14-15,17-19H2,1-2H3,(H,31,35)/t20-,25+/m0/s1. The van der Waals surface area contributed by atoms with Crippen LogP contribution in [0.15, 0.2) is 42.5 Å². The third-order valence-electron chi connectivity index (χ3n) is 7.63. The van der Waals surface area contributed by atoms with Crippen LogP contribution in [-0.4, -0.2) is 70.8 Å². The second kappa shape index (κ2) is 11.9. The van der Waals surface area contributed by atoms with E-state index in [4.69, 9.17) is 4.74 Å². The van der Waals surface area contributed by atoms with Crippen molar-refractivity contribution in [3.05, 3.63) is 58.6 Å². The lowest BCUT2D eigenvalue weighted by atomic mass is 9.84. The van der Waals surface area contributed by atoms with E-state index in [1.165, 1.54) is 37.7 Å². The summed E-state index contributed by atoms with van der Waals surface area (Å²) in [5.41, 5.74) is 6.07. The number of ether oxygens (including phenoxy) is 1. The van der Waals surface area contributed by atoms with Gasteiger partial charge < -0.3 is 9.84 Å². The Morgan fingerprint density at radius 3 is 2.70 bits per heavy atom. The molecule has 1 amide bonds. The number of aliphatic hydroxyl groups excluding tert-OH is 1. The molecule has 0 unspecified atom stereocenters. The molecule has 1 aliphatic carbocycles. The number of thiazole rings is 1. The van der Waals surface area contributed by atoms with Crippen LogP contribution in [0.4, 0.5) is 0 Å². The molecule has 2 N–H and O–H groups in total. The van der Waals surface area contributed by atoms with Gasteiger partial charge in [0.05, 0.1) is 15.2 Å². The zero-order chi connectivity index (χ0) is 25.8. The molecule has 3 aromatic rings. The molecular weight excluding hydrogens is 484 g/mol. The van der Waals surface area contributed by atoms with Gasteiger partial charge in [0, 0.05) is 43.9 Å². The van der Waals surface area contributed by atoms with Gasteiger partial charge in [-0.05, 0) is 62.4 Å². The fourth-order valence-corrected chi connectivity index (χ4v) is 6.35. The number of benzene rings is 2. The van der Waals surface area contributed by atoms with Gasteiger partial charge in [0.1, 0.15) is 18.5 Å². The van der Waals surface area contributed by atoms with Gasteiger partial charge in [-0.15, -0.1) is 11.3 Å².